The van der Waals surface area contributed by atoms with Crippen molar-refractivity contribution in [3.8, 4) is 11.5 Å². The molecule has 0 bridgehead atoms. The minimum atomic E-state index is -0.226. The third-order valence-corrected chi connectivity index (χ3v) is 6.77. The van der Waals surface area contributed by atoms with E-state index in [1.54, 1.807) is 48.5 Å². The SMILES string of the molecule is CCOC(=O)[C@H]1CC[C@@H](Oc2ccc(C(=O)NCCNC(=O)c3ccc(OCc4ccccc4)cc3)cc2)CC1. The molecule has 0 unspecified atom stereocenters. The van der Waals surface area contributed by atoms with Gasteiger partial charge in [-0.25, -0.2) is 0 Å². The summed E-state index contributed by atoms with van der Waals surface area (Å²) in [6.07, 6.45) is 3.16. The van der Waals surface area contributed by atoms with E-state index >= 15 is 0 Å². The van der Waals surface area contributed by atoms with E-state index in [0.29, 0.717) is 48.9 Å². The first-order valence-corrected chi connectivity index (χ1v) is 13.8. The Labute approximate surface area is 235 Å². The molecule has 210 valence electrons. The van der Waals surface area contributed by atoms with Crippen LogP contribution in [0.3, 0.4) is 0 Å². The van der Waals surface area contributed by atoms with E-state index in [-0.39, 0.29) is 29.8 Å². The lowest BCUT2D eigenvalue weighted by molar-refractivity contribution is -0.149. The molecule has 0 saturated heterocycles. The lowest BCUT2D eigenvalue weighted by Gasteiger charge is -2.27. The zero-order valence-corrected chi connectivity index (χ0v) is 22.8. The van der Waals surface area contributed by atoms with E-state index in [9.17, 15) is 14.4 Å². The lowest BCUT2D eigenvalue weighted by Crippen LogP contribution is -2.34. The summed E-state index contributed by atoms with van der Waals surface area (Å²) in [7, 11) is 0. The van der Waals surface area contributed by atoms with Crippen LogP contribution in [0.25, 0.3) is 0 Å². The van der Waals surface area contributed by atoms with Crippen molar-refractivity contribution in [2.24, 2.45) is 5.92 Å². The molecular weight excluding hydrogens is 508 g/mol. The van der Waals surface area contributed by atoms with Crippen molar-refractivity contribution < 1.29 is 28.6 Å². The molecule has 1 fully saturated rings. The molecule has 1 aliphatic carbocycles. The largest absolute Gasteiger partial charge is 0.490 e. The maximum Gasteiger partial charge on any atom is 0.308 e. The van der Waals surface area contributed by atoms with Crippen LogP contribution in [0.4, 0.5) is 0 Å². The molecule has 1 saturated carbocycles. The second-order valence-corrected chi connectivity index (χ2v) is 9.68. The molecule has 0 spiro atoms. The Morgan fingerprint density at radius 1 is 0.725 bits per heavy atom. The number of nitrogens with one attached hydrogen (secondary N) is 2. The Kier molecular flexibility index (Phi) is 10.6. The monoisotopic (exact) mass is 544 g/mol. The molecule has 2 N–H and O–H groups in total. The quantitative estimate of drug-likeness (QED) is 0.248. The first-order chi connectivity index (χ1) is 19.5. The van der Waals surface area contributed by atoms with Gasteiger partial charge in [0.1, 0.15) is 18.1 Å². The van der Waals surface area contributed by atoms with Crippen LogP contribution in [0.15, 0.2) is 78.9 Å². The van der Waals surface area contributed by atoms with E-state index in [1.165, 1.54) is 0 Å². The van der Waals surface area contributed by atoms with E-state index in [0.717, 1.165) is 31.2 Å². The smallest absolute Gasteiger partial charge is 0.308 e. The highest BCUT2D eigenvalue weighted by molar-refractivity contribution is 5.95. The summed E-state index contributed by atoms with van der Waals surface area (Å²) in [5, 5.41) is 5.63. The molecule has 3 aromatic carbocycles. The minimum absolute atomic E-state index is 0.0408. The average Bonchev–Trinajstić information content (AvgIpc) is 2.99. The van der Waals surface area contributed by atoms with Gasteiger partial charge in [0, 0.05) is 24.2 Å². The van der Waals surface area contributed by atoms with Crippen molar-refractivity contribution in [3.63, 3.8) is 0 Å². The van der Waals surface area contributed by atoms with E-state index in [4.69, 9.17) is 14.2 Å². The van der Waals surface area contributed by atoms with Gasteiger partial charge >= 0.3 is 5.97 Å². The number of hydrogen-bond donors (Lipinski definition) is 2. The number of carbonyl (C=O) groups is 3. The average molecular weight is 545 g/mol. The van der Waals surface area contributed by atoms with Gasteiger partial charge in [0.2, 0.25) is 0 Å². The van der Waals surface area contributed by atoms with Crippen molar-refractivity contribution in [2.75, 3.05) is 19.7 Å². The third-order valence-electron chi connectivity index (χ3n) is 6.77. The van der Waals surface area contributed by atoms with Crippen molar-refractivity contribution >= 4 is 17.8 Å². The van der Waals surface area contributed by atoms with Crippen LogP contribution in [-0.2, 0) is 16.1 Å². The number of carbonyl (C=O) groups excluding carboxylic acids is 3. The fraction of sp³-hybridized carbons (Fsp3) is 0.344. The van der Waals surface area contributed by atoms with Gasteiger partial charge in [0.15, 0.2) is 0 Å². The summed E-state index contributed by atoms with van der Waals surface area (Å²) in [4.78, 5) is 36.8. The van der Waals surface area contributed by atoms with Gasteiger partial charge in [-0.15, -0.1) is 0 Å². The van der Waals surface area contributed by atoms with Crippen LogP contribution < -0.4 is 20.1 Å². The summed E-state index contributed by atoms with van der Waals surface area (Å²) >= 11 is 0. The molecule has 0 radical (unpaired) electrons. The molecule has 1 aliphatic rings. The molecule has 0 heterocycles. The topological polar surface area (TPSA) is 103 Å². The number of ether oxygens (including phenoxy) is 3. The normalized spacial score (nSPS) is 16.4. The molecular formula is C32H36N2O6. The van der Waals surface area contributed by atoms with Crippen molar-refractivity contribution in [2.45, 2.75) is 45.3 Å². The Bertz CT molecular complexity index is 1240. The maximum absolute atomic E-state index is 12.5. The zero-order valence-electron chi connectivity index (χ0n) is 22.8. The standard InChI is InChI=1S/C32H36N2O6/c1-2-38-32(37)26-12-18-29(19-13-26)40-28-16-10-25(11-17-28)31(36)34-21-20-33-30(35)24-8-14-27(15-9-24)39-22-23-6-4-3-5-7-23/h3-11,14-17,26,29H,2,12-13,18-22H2,1H3,(H,33,35)(H,34,36)/t26-,29+. The molecule has 2 amide bonds. The highest BCUT2D eigenvalue weighted by Crippen LogP contribution is 2.28. The predicted molar refractivity (Wildman–Crippen MR) is 151 cm³/mol. The van der Waals surface area contributed by atoms with Crippen LogP contribution in [0.1, 0.15) is 58.9 Å². The van der Waals surface area contributed by atoms with E-state index in [2.05, 4.69) is 10.6 Å². The van der Waals surface area contributed by atoms with Crippen LogP contribution >= 0.6 is 0 Å². The fourth-order valence-electron chi connectivity index (χ4n) is 4.55. The second kappa shape index (κ2) is 14.7. The molecule has 0 aliphatic heterocycles. The van der Waals surface area contributed by atoms with Gasteiger partial charge in [-0.3, -0.25) is 14.4 Å². The molecule has 4 rings (SSSR count). The molecule has 0 aromatic heterocycles. The highest BCUT2D eigenvalue weighted by Gasteiger charge is 2.28. The molecule has 3 aromatic rings. The van der Waals surface area contributed by atoms with Crippen LogP contribution in [0, 0.1) is 5.92 Å². The predicted octanol–water partition coefficient (Wildman–Crippen LogP) is 4.93. The second-order valence-electron chi connectivity index (χ2n) is 9.68. The summed E-state index contributed by atoms with van der Waals surface area (Å²) < 4.78 is 16.9. The van der Waals surface area contributed by atoms with Gasteiger partial charge in [0.05, 0.1) is 18.6 Å². The molecule has 0 atom stereocenters. The van der Waals surface area contributed by atoms with Gasteiger partial charge in [-0.1, -0.05) is 30.3 Å². The van der Waals surface area contributed by atoms with Crippen molar-refractivity contribution in [1.29, 1.82) is 0 Å². The number of rotatable bonds is 12. The van der Waals surface area contributed by atoms with E-state index < -0.39 is 0 Å². The Hall–Kier alpha value is -4.33. The Morgan fingerprint density at radius 3 is 1.82 bits per heavy atom. The lowest BCUT2D eigenvalue weighted by atomic mass is 9.87. The molecule has 8 nitrogen and oxygen atoms in total. The Balaban J connectivity index is 1.13. The van der Waals surface area contributed by atoms with Gasteiger partial charge < -0.3 is 24.8 Å². The minimum Gasteiger partial charge on any atom is -0.490 e. The zero-order chi connectivity index (χ0) is 28.2. The fourth-order valence-corrected chi connectivity index (χ4v) is 4.55. The van der Waals surface area contributed by atoms with Crippen LogP contribution in [0.5, 0.6) is 11.5 Å². The van der Waals surface area contributed by atoms with Crippen LogP contribution in [-0.4, -0.2) is 43.6 Å². The first-order valence-electron chi connectivity index (χ1n) is 13.8. The number of hydrogen-bond acceptors (Lipinski definition) is 6. The van der Waals surface area contributed by atoms with Gasteiger partial charge in [0.25, 0.3) is 11.8 Å². The summed E-state index contributed by atoms with van der Waals surface area (Å²) in [5.74, 6) is 0.776. The Morgan fingerprint density at radius 2 is 1.27 bits per heavy atom. The highest BCUT2D eigenvalue weighted by atomic mass is 16.5. The molecule has 40 heavy (non-hydrogen) atoms. The maximum atomic E-state index is 12.5. The first kappa shape index (κ1) is 28.7. The van der Waals surface area contributed by atoms with Gasteiger partial charge in [-0.05, 0) is 86.7 Å². The summed E-state index contributed by atoms with van der Waals surface area (Å²) in [6.45, 7) is 3.28. The molecule has 8 heteroatoms. The summed E-state index contributed by atoms with van der Waals surface area (Å²) in [5.41, 5.74) is 2.10. The van der Waals surface area contributed by atoms with Crippen molar-refractivity contribution in [3.05, 3.63) is 95.6 Å². The number of esters is 1. The van der Waals surface area contributed by atoms with Crippen LogP contribution in [0.2, 0.25) is 0 Å². The number of benzene rings is 3. The number of amides is 2. The third kappa shape index (κ3) is 8.59. The van der Waals surface area contributed by atoms with Gasteiger partial charge in [-0.2, -0.15) is 0 Å². The van der Waals surface area contributed by atoms with Crippen molar-refractivity contribution in [1.82, 2.24) is 10.6 Å². The summed E-state index contributed by atoms with van der Waals surface area (Å²) in [6, 6.07) is 23.8. The van der Waals surface area contributed by atoms with E-state index in [1.807, 2.05) is 37.3 Å².